The average Bonchev–Trinajstić information content (AvgIpc) is 2.58. The van der Waals surface area contributed by atoms with Gasteiger partial charge in [-0.2, -0.15) is 0 Å². The van der Waals surface area contributed by atoms with Crippen LogP contribution in [-0.2, 0) is 13.1 Å². The van der Waals surface area contributed by atoms with Crippen LogP contribution >= 0.6 is 0 Å². The first-order valence-electron chi connectivity index (χ1n) is 7.95. The van der Waals surface area contributed by atoms with E-state index < -0.39 is 0 Å². The highest BCUT2D eigenvalue weighted by molar-refractivity contribution is 5.59. The molecule has 0 aromatic heterocycles. The van der Waals surface area contributed by atoms with Gasteiger partial charge in [-0.3, -0.25) is 0 Å². The molecule has 0 heterocycles. The van der Waals surface area contributed by atoms with Crippen LogP contribution in [0.1, 0.15) is 25.0 Å². The Morgan fingerprint density at radius 2 is 1.59 bits per heavy atom. The maximum atomic E-state index is 5.57. The van der Waals surface area contributed by atoms with Crippen LogP contribution < -0.4 is 15.0 Å². The zero-order valence-electron chi connectivity index (χ0n) is 13.8. The molecule has 0 aliphatic heterocycles. The second-order valence-electron chi connectivity index (χ2n) is 5.27. The molecule has 0 radical (unpaired) electrons. The molecule has 2 rings (SSSR count). The Balaban J connectivity index is 2.00. The molecule has 3 heteroatoms. The van der Waals surface area contributed by atoms with Gasteiger partial charge in [-0.05, 0) is 37.1 Å². The van der Waals surface area contributed by atoms with E-state index in [0.29, 0.717) is 0 Å². The van der Waals surface area contributed by atoms with E-state index >= 15 is 0 Å². The SMILES string of the molecule is CCN(CC)c1ccc(CNCc2ccccc2)cc1OC. The van der Waals surface area contributed by atoms with E-state index in [0.717, 1.165) is 31.9 Å². The predicted octanol–water partition coefficient (Wildman–Crippen LogP) is 3.83. The van der Waals surface area contributed by atoms with E-state index in [1.54, 1.807) is 7.11 Å². The van der Waals surface area contributed by atoms with Gasteiger partial charge in [0.05, 0.1) is 12.8 Å². The molecule has 0 spiro atoms. The van der Waals surface area contributed by atoms with Crippen LogP contribution in [0.2, 0.25) is 0 Å². The Bertz CT molecular complexity index is 565. The summed E-state index contributed by atoms with van der Waals surface area (Å²) >= 11 is 0. The predicted molar refractivity (Wildman–Crippen MR) is 93.5 cm³/mol. The number of benzene rings is 2. The first-order chi connectivity index (χ1) is 10.8. The lowest BCUT2D eigenvalue weighted by Gasteiger charge is -2.23. The molecular weight excluding hydrogens is 272 g/mol. The van der Waals surface area contributed by atoms with Gasteiger partial charge in [-0.1, -0.05) is 36.4 Å². The molecule has 2 aromatic carbocycles. The molecule has 118 valence electrons. The number of methoxy groups -OCH3 is 1. The van der Waals surface area contributed by atoms with Crippen LogP contribution in [0, 0.1) is 0 Å². The topological polar surface area (TPSA) is 24.5 Å². The minimum absolute atomic E-state index is 0.837. The maximum Gasteiger partial charge on any atom is 0.142 e. The molecule has 0 bridgehead atoms. The fraction of sp³-hybridized carbons (Fsp3) is 0.368. The van der Waals surface area contributed by atoms with Crippen molar-refractivity contribution in [1.29, 1.82) is 0 Å². The summed E-state index contributed by atoms with van der Waals surface area (Å²) in [6.07, 6.45) is 0. The molecule has 0 saturated carbocycles. The quantitative estimate of drug-likeness (QED) is 0.801. The van der Waals surface area contributed by atoms with Crippen LogP contribution in [0.4, 0.5) is 5.69 Å². The average molecular weight is 298 g/mol. The minimum Gasteiger partial charge on any atom is -0.495 e. The lowest BCUT2D eigenvalue weighted by Crippen LogP contribution is -2.22. The minimum atomic E-state index is 0.837. The van der Waals surface area contributed by atoms with Crippen LogP contribution in [0.5, 0.6) is 5.75 Å². The van der Waals surface area contributed by atoms with Gasteiger partial charge in [0.15, 0.2) is 0 Å². The Morgan fingerprint density at radius 1 is 0.909 bits per heavy atom. The summed E-state index contributed by atoms with van der Waals surface area (Å²) in [6, 6.07) is 16.9. The fourth-order valence-corrected chi connectivity index (χ4v) is 2.60. The number of nitrogens with zero attached hydrogens (tertiary/aromatic N) is 1. The first-order valence-corrected chi connectivity index (χ1v) is 7.95. The van der Waals surface area contributed by atoms with Crippen molar-refractivity contribution in [2.24, 2.45) is 0 Å². The van der Waals surface area contributed by atoms with Crippen LogP contribution in [0.3, 0.4) is 0 Å². The van der Waals surface area contributed by atoms with Crippen molar-refractivity contribution in [3.8, 4) is 5.75 Å². The summed E-state index contributed by atoms with van der Waals surface area (Å²) in [5.74, 6) is 0.947. The summed E-state index contributed by atoms with van der Waals surface area (Å²) in [6.45, 7) is 8.01. The number of anilines is 1. The number of hydrogen-bond acceptors (Lipinski definition) is 3. The molecule has 2 aromatic rings. The van der Waals surface area contributed by atoms with Gasteiger partial charge in [0, 0.05) is 26.2 Å². The Labute approximate surface area is 133 Å². The number of ether oxygens (including phenoxy) is 1. The molecule has 0 fully saturated rings. The Morgan fingerprint density at radius 3 is 2.23 bits per heavy atom. The monoisotopic (exact) mass is 298 g/mol. The summed E-state index contributed by atoms with van der Waals surface area (Å²) in [5.41, 5.74) is 3.71. The zero-order valence-corrected chi connectivity index (χ0v) is 13.8. The standard InChI is InChI=1S/C19H26N2O/c1-4-21(5-2)18-12-11-17(13-19(18)22-3)15-20-14-16-9-7-6-8-10-16/h6-13,20H,4-5,14-15H2,1-3H3. The lowest BCUT2D eigenvalue weighted by atomic mass is 10.1. The van der Waals surface area contributed by atoms with Gasteiger partial charge in [-0.25, -0.2) is 0 Å². The maximum absolute atomic E-state index is 5.57. The van der Waals surface area contributed by atoms with Gasteiger partial charge in [0.25, 0.3) is 0 Å². The third-order valence-electron chi connectivity index (χ3n) is 3.85. The van der Waals surface area contributed by atoms with Crippen LogP contribution in [0.15, 0.2) is 48.5 Å². The molecular formula is C19H26N2O. The number of nitrogens with one attached hydrogen (secondary N) is 1. The second kappa shape index (κ2) is 8.44. The summed E-state index contributed by atoms with van der Waals surface area (Å²) in [7, 11) is 1.74. The molecule has 0 unspecified atom stereocenters. The van der Waals surface area contributed by atoms with Crippen molar-refractivity contribution in [3.63, 3.8) is 0 Å². The van der Waals surface area contributed by atoms with E-state index in [1.807, 2.05) is 6.07 Å². The van der Waals surface area contributed by atoms with Gasteiger partial charge < -0.3 is 15.0 Å². The van der Waals surface area contributed by atoms with Crippen molar-refractivity contribution in [3.05, 3.63) is 59.7 Å². The van der Waals surface area contributed by atoms with Gasteiger partial charge in [0.1, 0.15) is 5.75 Å². The van der Waals surface area contributed by atoms with Crippen molar-refractivity contribution >= 4 is 5.69 Å². The summed E-state index contributed by atoms with van der Waals surface area (Å²) < 4.78 is 5.57. The van der Waals surface area contributed by atoms with Crippen LogP contribution in [-0.4, -0.2) is 20.2 Å². The third-order valence-corrected chi connectivity index (χ3v) is 3.85. The van der Waals surface area contributed by atoms with Crippen molar-refractivity contribution in [2.45, 2.75) is 26.9 Å². The van der Waals surface area contributed by atoms with Crippen molar-refractivity contribution in [1.82, 2.24) is 5.32 Å². The smallest absolute Gasteiger partial charge is 0.142 e. The first kappa shape index (κ1) is 16.4. The summed E-state index contributed by atoms with van der Waals surface area (Å²) in [5, 5.41) is 3.48. The number of rotatable bonds is 8. The number of hydrogen-bond donors (Lipinski definition) is 1. The fourth-order valence-electron chi connectivity index (χ4n) is 2.60. The largest absolute Gasteiger partial charge is 0.495 e. The molecule has 3 nitrogen and oxygen atoms in total. The highest BCUT2D eigenvalue weighted by Gasteiger charge is 2.09. The Kier molecular flexibility index (Phi) is 6.28. The van der Waals surface area contributed by atoms with E-state index in [-0.39, 0.29) is 0 Å². The third kappa shape index (κ3) is 4.25. The molecule has 1 N–H and O–H groups in total. The van der Waals surface area contributed by atoms with Gasteiger partial charge in [0.2, 0.25) is 0 Å². The van der Waals surface area contributed by atoms with Gasteiger partial charge >= 0.3 is 0 Å². The molecule has 0 saturated heterocycles. The van der Waals surface area contributed by atoms with E-state index in [9.17, 15) is 0 Å². The van der Waals surface area contributed by atoms with Crippen molar-refractivity contribution < 1.29 is 4.74 Å². The molecule has 22 heavy (non-hydrogen) atoms. The molecule has 0 aliphatic carbocycles. The van der Waals surface area contributed by atoms with E-state index in [1.165, 1.54) is 16.8 Å². The Hall–Kier alpha value is -2.00. The normalized spacial score (nSPS) is 10.5. The molecule has 0 atom stereocenters. The second-order valence-corrected chi connectivity index (χ2v) is 5.27. The van der Waals surface area contributed by atoms with Crippen LogP contribution in [0.25, 0.3) is 0 Å². The van der Waals surface area contributed by atoms with E-state index in [2.05, 4.69) is 66.5 Å². The lowest BCUT2D eigenvalue weighted by molar-refractivity contribution is 0.413. The molecule has 0 aliphatic rings. The highest BCUT2D eigenvalue weighted by Crippen LogP contribution is 2.29. The van der Waals surface area contributed by atoms with Gasteiger partial charge in [-0.15, -0.1) is 0 Å². The van der Waals surface area contributed by atoms with E-state index in [4.69, 9.17) is 4.74 Å². The zero-order chi connectivity index (χ0) is 15.8. The molecule has 0 amide bonds. The van der Waals surface area contributed by atoms with Crippen molar-refractivity contribution in [2.75, 3.05) is 25.1 Å². The highest BCUT2D eigenvalue weighted by atomic mass is 16.5. The summed E-state index contributed by atoms with van der Waals surface area (Å²) in [4.78, 5) is 2.31.